The van der Waals surface area contributed by atoms with Crippen molar-refractivity contribution in [3.05, 3.63) is 0 Å². The maximum absolute atomic E-state index is 11.3. The Bertz CT molecular complexity index is 315. The lowest BCUT2D eigenvalue weighted by Crippen LogP contribution is -2.39. The number of carbonyl (C=O) groups excluding carboxylic acids is 2. The summed E-state index contributed by atoms with van der Waals surface area (Å²) in [6.45, 7) is 5.19. The number of aliphatic hydroxyl groups is 1. The second-order valence-corrected chi connectivity index (χ2v) is 5.91. The first kappa shape index (κ1) is 17.8. The van der Waals surface area contributed by atoms with Gasteiger partial charge in [-0.05, 0) is 20.8 Å². The van der Waals surface area contributed by atoms with Crippen molar-refractivity contribution in [2.24, 2.45) is 0 Å². The zero-order valence-electron chi connectivity index (χ0n) is 12.4. The number of hydrogen-bond acceptors (Lipinski definition) is 6. The lowest BCUT2D eigenvalue weighted by molar-refractivity contribution is -0.871. The molecule has 0 bridgehead atoms. The molecule has 0 fully saturated rings. The second-order valence-electron chi connectivity index (χ2n) is 5.91. The summed E-state index contributed by atoms with van der Waals surface area (Å²) in [6, 6.07) is 0. The first-order chi connectivity index (χ1) is 8.43. The molecule has 112 valence electrons. The summed E-state index contributed by atoms with van der Waals surface area (Å²) in [7, 11) is 5.85. The molecule has 19 heavy (non-hydrogen) atoms. The van der Waals surface area contributed by atoms with Crippen LogP contribution in [-0.2, 0) is 24.1 Å². The average molecular weight is 278 g/mol. The van der Waals surface area contributed by atoms with Gasteiger partial charge in [-0.15, -0.1) is 0 Å². The van der Waals surface area contributed by atoms with Crippen LogP contribution in [0.15, 0.2) is 0 Å². The van der Waals surface area contributed by atoms with Gasteiger partial charge in [0.05, 0.1) is 26.7 Å². The van der Waals surface area contributed by atoms with Crippen molar-refractivity contribution in [2.75, 3.05) is 34.3 Å². The number of quaternary nitrogens is 1. The molecule has 1 N–H and O–H groups in total. The highest BCUT2D eigenvalue weighted by atomic mass is 17.2. The summed E-state index contributed by atoms with van der Waals surface area (Å²) < 4.78 is 5.36. The zero-order valence-corrected chi connectivity index (χ0v) is 12.4. The van der Waals surface area contributed by atoms with Crippen LogP contribution >= 0.6 is 0 Å². The largest absolute Gasteiger partial charge is 0.451 e. The molecule has 7 nitrogen and oxygen atoms in total. The molecule has 0 saturated heterocycles. The van der Waals surface area contributed by atoms with E-state index in [4.69, 9.17) is 4.74 Å². The molecule has 0 aliphatic rings. The van der Waals surface area contributed by atoms with Crippen molar-refractivity contribution in [3.8, 4) is 0 Å². The summed E-state index contributed by atoms with van der Waals surface area (Å²) in [6.07, 6.45) is -0.834. The van der Waals surface area contributed by atoms with Crippen molar-refractivity contribution >= 4 is 11.9 Å². The summed E-state index contributed by atoms with van der Waals surface area (Å²) >= 11 is 0. The van der Waals surface area contributed by atoms with E-state index in [0.29, 0.717) is 11.0 Å². The van der Waals surface area contributed by atoms with Gasteiger partial charge in [-0.25, -0.2) is 9.59 Å². The first-order valence-corrected chi connectivity index (χ1v) is 6.01. The SMILES string of the molecule is CC(OC(=O)C(=O)OOCC[N+](C)(C)C)C(C)(C)O. The summed E-state index contributed by atoms with van der Waals surface area (Å²) in [5.74, 6) is -2.43. The maximum atomic E-state index is 11.3. The van der Waals surface area contributed by atoms with Crippen LogP contribution in [-0.4, -0.2) is 67.5 Å². The number of rotatable bonds is 6. The van der Waals surface area contributed by atoms with Gasteiger partial charge in [0.25, 0.3) is 0 Å². The van der Waals surface area contributed by atoms with E-state index in [1.165, 1.54) is 20.8 Å². The van der Waals surface area contributed by atoms with Gasteiger partial charge >= 0.3 is 11.9 Å². The van der Waals surface area contributed by atoms with Crippen molar-refractivity contribution in [2.45, 2.75) is 32.5 Å². The molecular weight excluding hydrogens is 254 g/mol. The van der Waals surface area contributed by atoms with E-state index in [0.717, 1.165) is 0 Å². The van der Waals surface area contributed by atoms with Gasteiger partial charge in [0.2, 0.25) is 0 Å². The molecule has 0 aromatic rings. The van der Waals surface area contributed by atoms with E-state index in [-0.39, 0.29) is 6.61 Å². The molecule has 0 rings (SSSR count). The van der Waals surface area contributed by atoms with Gasteiger partial charge in [0, 0.05) is 0 Å². The number of likely N-dealkylation sites (N-methyl/N-ethyl adjacent to an activating group) is 1. The highest BCUT2D eigenvalue weighted by molar-refractivity contribution is 6.29. The summed E-state index contributed by atoms with van der Waals surface area (Å²) in [5.41, 5.74) is -1.24. The Morgan fingerprint density at radius 1 is 1.21 bits per heavy atom. The normalized spacial score (nSPS) is 13.8. The predicted octanol–water partition coefficient (Wildman–Crippen LogP) is -0.130. The third kappa shape index (κ3) is 8.52. The number of hydrogen-bond donors (Lipinski definition) is 1. The second kappa shape index (κ2) is 6.83. The van der Waals surface area contributed by atoms with Crippen molar-refractivity contribution in [3.63, 3.8) is 0 Å². The Labute approximate surface area is 113 Å². The van der Waals surface area contributed by atoms with Crippen LogP contribution in [0.4, 0.5) is 0 Å². The van der Waals surface area contributed by atoms with Gasteiger partial charge in [0.15, 0.2) is 0 Å². The van der Waals surface area contributed by atoms with E-state index in [2.05, 4.69) is 9.78 Å². The van der Waals surface area contributed by atoms with Crippen LogP contribution in [0.1, 0.15) is 20.8 Å². The molecule has 1 unspecified atom stereocenters. The molecule has 0 spiro atoms. The van der Waals surface area contributed by atoms with E-state index in [9.17, 15) is 14.7 Å². The molecule has 0 radical (unpaired) electrons. The topological polar surface area (TPSA) is 82.1 Å². The number of ether oxygens (including phenoxy) is 1. The smallest absolute Gasteiger partial charge is 0.449 e. The van der Waals surface area contributed by atoms with Crippen molar-refractivity contribution in [1.29, 1.82) is 0 Å². The highest BCUT2D eigenvalue weighted by Crippen LogP contribution is 2.11. The third-order valence-corrected chi connectivity index (χ3v) is 2.43. The molecule has 7 heteroatoms. The average Bonchev–Trinajstić information content (AvgIpc) is 2.21. The van der Waals surface area contributed by atoms with E-state index < -0.39 is 23.6 Å². The Kier molecular flexibility index (Phi) is 6.41. The Morgan fingerprint density at radius 2 is 1.74 bits per heavy atom. The maximum Gasteiger partial charge on any atom is 0.449 e. The Hall–Kier alpha value is -1.18. The molecule has 0 aliphatic carbocycles. The van der Waals surface area contributed by atoms with Crippen molar-refractivity contribution in [1.82, 2.24) is 0 Å². The number of nitrogens with zero attached hydrogens (tertiary/aromatic N) is 1. The Morgan fingerprint density at radius 3 is 2.16 bits per heavy atom. The lowest BCUT2D eigenvalue weighted by atomic mass is 10.0. The molecule has 0 amide bonds. The van der Waals surface area contributed by atoms with Crippen LogP contribution < -0.4 is 0 Å². The molecular formula is C12H24NO6+. The minimum Gasteiger partial charge on any atom is -0.451 e. The van der Waals surface area contributed by atoms with Crippen LogP contribution in [0, 0.1) is 0 Å². The molecule has 1 atom stereocenters. The van der Waals surface area contributed by atoms with E-state index in [1.807, 2.05) is 21.1 Å². The van der Waals surface area contributed by atoms with E-state index in [1.54, 1.807) is 0 Å². The highest BCUT2D eigenvalue weighted by Gasteiger charge is 2.30. The fourth-order valence-corrected chi connectivity index (χ4v) is 0.793. The molecule has 0 saturated carbocycles. The molecule has 0 heterocycles. The quantitative estimate of drug-likeness (QED) is 0.182. The predicted molar refractivity (Wildman–Crippen MR) is 66.8 cm³/mol. The van der Waals surface area contributed by atoms with Gasteiger partial charge in [0.1, 0.15) is 19.3 Å². The number of carbonyl (C=O) groups is 2. The summed E-state index contributed by atoms with van der Waals surface area (Å²) in [5, 5.41) is 9.56. The van der Waals surface area contributed by atoms with Gasteiger partial charge < -0.3 is 14.3 Å². The van der Waals surface area contributed by atoms with Gasteiger partial charge in [-0.3, -0.25) is 4.89 Å². The minimum atomic E-state index is -1.24. The van der Waals surface area contributed by atoms with Crippen LogP contribution in [0.25, 0.3) is 0 Å². The number of esters is 1. The fraction of sp³-hybridized carbons (Fsp3) is 0.833. The minimum absolute atomic E-state index is 0.170. The molecule has 0 aromatic heterocycles. The standard InChI is InChI=1S/C12H24NO6/c1-9(12(2,3)16)18-10(14)11(15)19-17-8-7-13(4,5)6/h9,16H,7-8H2,1-6H3/q+1. The molecule has 0 aromatic carbocycles. The van der Waals surface area contributed by atoms with Crippen LogP contribution in [0.5, 0.6) is 0 Å². The fourth-order valence-electron chi connectivity index (χ4n) is 0.793. The van der Waals surface area contributed by atoms with Crippen molar-refractivity contribution < 1.29 is 33.7 Å². The Balaban J connectivity index is 3.99. The molecule has 0 aliphatic heterocycles. The third-order valence-electron chi connectivity index (χ3n) is 2.43. The first-order valence-electron chi connectivity index (χ1n) is 6.01. The van der Waals surface area contributed by atoms with Gasteiger partial charge in [-0.2, -0.15) is 4.89 Å². The van der Waals surface area contributed by atoms with Crippen LogP contribution in [0.2, 0.25) is 0 Å². The van der Waals surface area contributed by atoms with Crippen LogP contribution in [0.3, 0.4) is 0 Å². The zero-order chi connectivity index (χ0) is 15.3. The van der Waals surface area contributed by atoms with Gasteiger partial charge in [-0.1, -0.05) is 0 Å². The lowest BCUT2D eigenvalue weighted by Gasteiger charge is -2.25. The summed E-state index contributed by atoms with van der Waals surface area (Å²) in [4.78, 5) is 31.5. The monoisotopic (exact) mass is 278 g/mol. The van der Waals surface area contributed by atoms with E-state index >= 15 is 0 Å².